The number of benzene rings is 8. The molecule has 8 aromatic carbocycles. The van der Waals surface area contributed by atoms with Crippen molar-refractivity contribution in [2.24, 2.45) is 0 Å². The first kappa shape index (κ1) is 36.1. The summed E-state index contributed by atoms with van der Waals surface area (Å²) in [6, 6.07) is 66.7. The van der Waals surface area contributed by atoms with E-state index in [2.05, 4.69) is 208 Å². The first-order valence-electron chi connectivity index (χ1n) is 19.5. The van der Waals surface area contributed by atoms with E-state index in [-0.39, 0.29) is 7.25 Å². The zero-order valence-corrected chi connectivity index (χ0v) is 37.5. The average Bonchev–Trinajstić information content (AvgIpc) is 3.78. The standard InChI is InChI=1S/2C20H15.C12H10Ge.2ClH.Zr/c2*1-14-12-16-8-5-11-19(20(16)13-14)18-10-4-7-15-6-2-3-9-17(15)18;1-3-7-11(8-4-1)13-12-9-5-2-6-10-12;;;/h2*2-13H,1H3;1-10H;2*1H;/q;;;;;+2/p-2. The summed E-state index contributed by atoms with van der Waals surface area (Å²) in [6.45, 7) is 4.62. The summed E-state index contributed by atoms with van der Waals surface area (Å²) in [5.41, 5.74) is 12.6. The van der Waals surface area contributed by atoms with Crippen LogP contribution in [0.1, 0.15) is 43.4 Å². The summed E-state index contributed by atoms with van der Waals surface area (Å²) in [5.74, 6) is 0. The predicted molar refractivity (Wildman–Crippen MR) is 241 cm³/mol. The van der Waals surface area contributed by atoms with E-state index in [1.165, 1.54) is 86.0 Å². The van der Waals surface area contributed by atoms with Crippen LogP contribution in [-0.2, 0) is 13.3 Å². The molecular formula is C52H40Cl2GeZr. The second-order valence-corrected chi connectivity index (χ2v) is 66.5. The van der Waals surface area contributed by atoms with Gasteiger partial charge in [-0.05, 0) is 0 Å². The second kappa shape index (κ2) is 14.0. The fraction of sp³-hybridized carbons (Fsp3) is 0.0769. The van der Waals surface area contributed by atoms with Crippen LogP contribution in [0.25, 0.3) is 56.0 Å². The van der Waals surface area contributed by atoms with Crippen molar-refractivity contribution in [1.29, 1.82) is 0 Å². The Morgan fingerprint density at radius 1 is 0.393 bits per heavy atom. The van der Waals surface area contributed by atoms with Crippen LogP contribution in [0.4, 0.5) is 0 Å². The molecule has 0 aliphatic heterocycles. The molecule has 270 valence electrons. The second-order valence-electron chi connectivity index (χ2n) is 15.6. The average molecular weight is 900 g/mol. The van der Waals surface area contributed by atoms with Gasteiger partial charge in [0.05, 0.1) is 0 Å². The van der Waals surface area contributed by atoms with Gasteiger partial charge in [0, 0.05) is 0 Å². The van der Waals surface area contributed by atoms with Gasteiger partial charge in [0.2, 0.25) is 0 Å². The van der Waals surface area contributed by atoms with E-state index < -0.39 is 23.3 Å². The molecule has 0 aromatic heterocycles. The van der Waals surface area contributed by atoms with Crippen LogP contribution in [0.15, 0.2) is 193 Å². The molecule has 0 spiro atoms. The molecule has 2 aliphatic carbocycles. The topological polar surface area (TPSA) is 0 Å². The molecule has 0 saturated carbocycles. The summed E-state index contributed by atoms with van der Waals surface area (Å²) in [5, 5.41) is 4.99. The SMILES string of the molecule is CC1=Cc2c(-c3cccc4ccccc34)cccc2[CH]1[Zr]([Cl])([Cl])([CH]1C(C)=Cc2c(-c3cccc4ccccc34)cccc21)=[Ge]([c]1ccccc1)[c]1ccccc1. The van der Waals surface area contributed by atoms with Crippen LogP contribution < -0.4 is 8.79 Å². The van der Waals surface area contributed by atoms with Crippen molar-refractivity contribution in [2.75, 3.05) is 0 Å². The molecule has 0 heterocycles. The zero-order chi connectivity index (χ0) is 38.0. The molecule has 0 bridgehead atoms. The monoisotopic (exact) mass is 898 g/mol. The summed E-state index contributed by atoms with van der Waals surface area (Å²) in [6.07, 6.45) is 4.87. The van der Waals surface area contributed by atoms with Crippen LogP contribution in [0.2, 0.25) is 0 Å². The number of halogens is 2. The molecular weight excluding hydrogens is 859 g/mol. The Morgan fingerprint density at radius 2 is 0.750 bits per heavy atom. The number of hydrogen-bond acceptors (Lipinski definition) is 0. The van der Waals surface area contributed by atoms with Crippen molar-refractivity contribution in [3.8, 4) is 22.3 Å². The van der Waals surface area contributed by atoms with Crippen LogP contribution in [0.3, 0.4) is 0 Å². The molecule has 0 nitrogen and oxygen atoms in total. The van der Waals surface area contributed by atoms with E-state index in [9.17, 15) is 17.0 Å². The Kier molecular flexibility index (Phi) is 9.03. The fourth-order valence-corrected chi connectivity index (χ4v) is 81.6. The fourth-order valence-electron chi connectivity index (χ4n) is 10.3. The number of rotatable bonds is 6. The number of hydrogen-bond donors (Lipinski definition) is 0. The van der Waals surface area contributed by atoms with Gasteiger partial charge in [0.25, 0.3) is 0 Å². The van der Waals surface area contributed by atoms with E-state index in [1.54, 1.807) is 0 Å². The molecule has 2 atom stereocenters. The van der Waals surface area contributed by atoms with Gasteiger partial charge in [-0.2, -0.15) is 0 Å². The molecule has 0 saturated heterocycles. The Balaban J connectivity index is 1.31. The van der Waals surface area contributed by atoms with Crippen LogP contribution in [-0.4, -0.2) is 9.98 Å². The van der Waals surface area contributed by atoms with Crippen LogP contribution in [0, 0.1) is 0 Å². The van der Waals surface area contributed by atoms with Gasteiger partial charge >= 0.3 is 342 Å². The molecule has 0 radical (unpaired) electrons. The van der Waals surface area contributed by atoms with E-state index in [0.29, 0.717) is 0 Å². The van der Waals surface area contributed by atoms with Gasteiger partial charge < -0.3 is 0 Å². The third-order valence-electron chi connectivity index (χ3n) is 12.4. The molecule has 2 aliphatic rings. The molecule has 8 aromatic rings. The zero-order valence-electron chi connectivity index (χ0n) is 31.4. The van der Waals surface area contributed by atoms with Gasteiger partial charge in [-0.25, -0.2) is 0 Å². The van der Waals surface area contributed by atoms with Crippen molar-refractivity contribution in [1.82, 2.24) is 0 Å². The summed E-state index contributed by atoms with van der Waals surface area (Å²) >= 11 is -5.45. The van der Waals surface area contributed by atoms with Crippen molar-refractivity contribution in [3.05, 3.63) is 215 Å². The van der Waals surface area contributed by atoms with Gasteiger partial charge in [-0.15, -0.1) is 0 Å². The molecule has 10 rings (SSSR count). The van der Waals surface area contributed by atoms with Gasteiger partial charge in [-0.1, -0.05) is 0 Å². The molecule has 4 heteroatoms. The predicted octanol–water partition coefficient (Wildman–Crippen LogP) is 13.7. The first-order chi connectivity index (χ1) is 27.3. The molecule has 2 unspecified atom stereocenters. The van der Waals surface area contributed by atoms with Gasteiger partial charge in [0.15, 0.2) is 0 Å². The minimum atomic E-state index is -5.45. The van der Waals surface area contributed by atoms with E-state index in [0.717, 1.165) is 0 Å². The Labute approximate surface area is 338 Å². The van der Waals surface area contributed by atoms with Crippen molar-refractivity contribution in [2.45, 2.75) is 21.1 Å². The van der Waals surface area contributed by atoms with E-state index in [1.807, 2.05) is 0 Å². The molecule has 56 heavy (non-hydrogen) atoms. The Hall–Kier alpha value is -4.23. The third kappa shape index (κ3) is 5.57. The summed E-state index contributed by atoms with van der Waals surface area (Å²) in [4.78, 5) is 0. The van der Waals surface area contributed by atoms with E-state index >= 15 is 0 Å². The number of fused-ring (bicyclic) bond motifs is 4. The Bertz CT molecular complexity index is 2800. The first-order valence-corrected chi connectivity index (χ1v) is 38.2. The van der Waals surface area contributed by atoms with Crippen molar-refractivity contribution >= 4 is 69.5 Å². The molecule has 0 amide bonds. The third-order valence-corrected chi connectivity index (χ3v) is 70.7. The van der Waals surface area contributed by atoms with Gasteiger partial charge in [-0.3, -0.25) is 0 Å². The maximum atomic E-state index is 9.24. The van der Waals surface area contributed by atoms with Crippen LogP contribution >= 0.6 is 17.0 Å². The van der Waals surface area contributed by atoms with Crippen LogP contribution in [0.5, 0.6) is 0 Å². The molecule has 0 N–H and O–H groups in total. The maximum absolute atomic E-state index is 9.24. The number of allylic oxidation sites excluding steroid dienone is 2. The quantitative estimate of drug-likeness (QED) is 0.146. The van der Waals surface area contributed by atoms with Gasteiger partial charge in [0.1, 0.15) is 0 Å². The summed E-state index contributed by atoms with van der Waals surface area (Å²) < 4.78 is 2.51. The Morgan fingerprint density at radius 3 is 1.20 bits per heavy atom. The minimum absolute atomic E-state index is 0.0828. The van der Waals surface area contributed by atoms with E-state index in [4.69, 9.17) is 0 Å². The normalized spacial score (nSPS) is 16.4. The summed E-state index contributed by atoms with van der Waals surface area (Å²) in [7, 11) is 15.6. The van der Waals surface area contributed by atoms with Crippen molar-refractivity contribution < 1.29 is 13.3 Å². The van der Waals surface area contributed by atoms with Crippen molar-refractivity contribution in [3.63, 3.8) is 0 Å². The molecule has 0 fully saturated rings.